The van der Waals surface area contributed by atoms with Crippen LogP contribution >= 0.6 is 11.6 Å². The summed E-state index contributed by atoms with van der Waals surface area (Å²) >= 11 is 6.17. The Morgan fingerprint density at radius 2 is 2.07 bits per heavy atom. The van der Waals surface area contributed by atoms with Gasteiger partial charge in [-0.15, -0.1) is 0 Å². The number of nitro benzene ring substituents is 1. The molecule has 0 saturated carbocycles. The zero-order valence-electron chi connectivity index (χ0n) is 15.3. The van der Waals surface area contributed by atoms with Crippen molar-refractivity contribution in [1.29, 1.82) is 0 Å². The first-order chi connectivity index (χ1) is 13.9. The number of nitrogens with zero attached hydrogens (tertiary/aromatic N) is 2. The first-order valence-corrected chi connectivity index (χ1v) is 8.86. The Labute approximate surface area is 170 Å². The molecule has 0 aliphatic carbocycles. The summed E-state index contributed by atoms with van der Waals surface area (Å²) < 4.78 is 11.1. The fourth-order valence-corrected chi connectivity index (χ4v) is 2.73. The fourth-order valence-electron chi connectivity index (χ4n) is 2.45. The number of halogens is 1. The van der Waals surface area contributed by atoms with E-state index in [0.29, 0.717) is 10.8 Å². The number of aryl methyl sites for hydroxylation is 1. The van der Waals surface area contributed by atoms with Gasteiger partial charge in [0, 0.05) is 34.3 Å². The molecule has 29 heavy (non-hydrogen) atoms. The molecule has 1 N–H and O–H groups in total. The number of amides is 1. The third kappa shape index (κ3) is 5.20. The van der Waals surface area contributed by atoms with E-state index in [-0.39, 0.29) is 23.8 Å². The maximum Gasteiger partial charge on any atom is 0.285 e. The molecule has 9 heteroatoms. The lowest BCUT2D eigenvalue weighted by Gasteiger charge is -2.08. The van der Waals surface area contributed by atoms with Crippen molar-refractivity contribution in [3.05, 3.63) is 92.2 Å². The van der Waals surface area contributed by atoms with E-state index in [4.69, 9.17) is 20.8 Å². The molecule has 3 aromatic rings. The van der Waals surface area contributed by atoms with Crippen LogP contribution in [-0.2, 0) is 6.61 Å². The van der Waals surface area contributed by atoms with Gasteiger partial charge in [-0.3, -0.25) is 14.9 Å². The maximum absolute atomic E-state index is 12.0. The quantitative estimate of drug-likeness (QED) is 0.349. The smallest absolute Gasteiger partial charge is 0.285 e. The Bertz CT molecular complexity index is 1060. The Morgan fingerprint density at radius 3 is 2.83 bits per heavy atom. The Balaban J connectivity index is 1.57. The van der Waals surface area contributed by atoms with Gasteiger partial charge in [0.1, 0.15) is 6.61 Å². The van der Waals surface area contributed by atoms with Crippen LogP contribution in [0.2, 0.25) is 5.02 Å². The third-order valence-electron chi connectivity index (χ3n) is 3.99. The molecule has 1 heterocycles. The highest BCUT2D eigenvalue weighted by Gasteiger charge is 2.11. The molecule has 0 bridgehead atoms. The van der Waals surface area contributed by atoms with E-state index in [1.165, 1.54) is 30.5 Å². The van der Waals surface area contributed by atoms with Crippen molar-refractivity contribution in [3.8, 4) is 5.95 Å². The number of carbonyl (C=O) groups is 1. The van der Waals surface area contributed by atoms with Crippen LogP contribution in [0, 0.1) is 17.0 Å². The van der Waals surface area contributed by atoms with Gasteiger partial charge < -0.3 is 9.15 Å². The molecule has 0 radical (unpaired) electrons. The molecule has 3 rings (SSSR count). The average molecular weight is 414 g/mol. The van der Waals surface area contributed by atoms with Gasteiger partial charge in [0.2, 0.25) is 0 Å². The van der Waals surface area contributed by atoms with Crippen molar-refractivity contribution in [1.82, 2.24) is 5.43 Å². The Kier molecular flexibility index (Phi) is 6.25. The van der Waals surface area contributed by atoms with Crippen LogP contribution < -0.4 is 10.2 Å². The minimum atomic E-state index is -0.581. The molecule has 1 aromatic heterocycles. The molecule has 8 nitrogen and oxygen atoms in total. The highest BCUT2D eigenvalue weighted by atomic mass is 35.5. The lowest BCUT2D eigenvalue weighted by atomic mass is 10.1. The number of furan rings is 1. The molecular weight excluding hydrogens is 398 g/mol. The number of nitro groups is 1. The van der Waals surface area contributed by atoms with E-state index in [1.54, 1.807) is 18.2 Å². The molecule has 0 aliphatic heterocycles. The van der Waals surface area contributed by atoms with Gasteiger partial charge in [-0.2, -0.15) is 5.10 Å². The zero-order valence-corrected chi connectivity index (χ0v) is 16.1. The van der Waals surface area contributed by atoms with Crippen molar-refractivity contribution in [3.63, 3.8) is 0 Å². The lowest BCUT2D eigenvalue weighted by molar-refractivity contribution is -0.384. The molecule has 0 unspecified atom stereocenters. The highest BCUT2D eigenvalue weighted by molar-refractivity contribution is 6.31. The van der Waals surface area contributed by atoms with Crippen molar-refractivity contribution in [2.75, 3.05) is 0 Å². The molecular formula is C20H16ClN3O5. The number of hydrazone groups is 1. The number of rotatable bonds is 7. The van der Waals surface area contributed by atoms with E-state index in [0.717, 1.165) is 11.1 Å². The number of non-ortho nitro benzene ring substituents is 1. The molecule has 148 valence electrons. The summed E-state index contributed by atoms with van der Waals surface area (Å²) in [5, 5.41) is 15.2. The van der Waals surface area contributed by atoms with Crippen molar-refractivity contribution in [2.45, 2.75) is 13.5 Å². The standard InChI is InChI=1S/C20H16ClN3O5/c1-13-4-2-7-18(21)17(13)12-28-19-9-8-16(29-19)11-22-23-20(25)14-5-3-6-15(10-14)24(26)27/h2-11H,12H2,1H3,(H,23,25)/b22-11-. The lowest BCUT2D eigenvalue weighted by Crippen LogP contribution is -2.17. The molecule has 0 spiro atoms. The monoisotopic (exact) mass is 413 g/mol. The van der Waals surface area contributed by atoms with Crippen molar-refractivity contribution in [2.24, 2.45) is 5.10 Å². The fraction of sp³-hybridized carbons (Fsp3) is 0.100. The summed E-state index contributed by atoms with van der Waals surface area (Å²) in [5.74, 6) is 0.0492. The van der Waals surface area contributed by atoms with E-state index >= 15 is 0 Å². The summed E-state index contributed by atoms with van der Waals surface area (Å²) in [6.45, 7) is 2.19. The number of carbonyl (C=O) groups excluding carboxylic acids is 1. The van der Waals surface area contributed by atoms with Crippen LogP contribution in [0.25, 0.3) is 0 Å². The van der Waals surface area contributed by atoms with E-state index < -0.39 is 10.8 Å². The SMILES string of the molecule is Cc1cccc(Cl)c1COc1ccc(/C=N\NC(=O)c2cccc([N+](=O)[O-])c2)o1. The summed E-state index contributed by atoms with van der Waals surface area (Å²) in [5.41, 5.74) is 4.10. The van der Waals surface area contributed by atoms with Gasteiger partial charge in [0.05, 0.1) is 11.1 Å². The average Bonchev–Trinajstić information content (AvgIpc) is 3.15. The number of benzene rings is 2. The van der Waals surface area contributed by atoms with Crippen LogP contribution in [-0.4, -0.2) is 17.0 Å². The van der Waals surface area contributed by atoms with Crippen LogP contribution in [0.15, 0.2) is 64.1 Å². The summed E-state index contributed by atoms with van der Waals surface area (Å²) in [6.07, 6.45) is 1.29. The summed E-state index contributed by atoms with van der Waals surface area (Å²) in [4.78, 5) is 22.2. The number of ether oxygens (including phenoxy) is 1. The van der Waals surface area contributed by atoms with Gasteiger partial charge in [0.15, 0.2) is 5.76 Å². The Hall–Kier alpha value is -3.65. The minimum absolute atomic E-state index is 0.120. The number of nitrogens with one attached hydrogen (secondary N) is 1. The van der Waals surface area contributed by atoms with E-state index in [2.05, 4.69) is 10.5 Å². The second-order valence-corrected chi connectivity index (χ2v) is 6.39. The van der Waals surface area contributed by atoms with Gasteiger partial charge >= 0.3 is 0 Å². The van der Waals surface area contributed by atoms with Crippen molar-refractivity contribution < 1.29 is 18.9 Å². The molecule has 0 aliphatic rings. The number of hydrogen-bond donors (Lipinski definition) is 1. The molecule has 0 atom stereocenters. The van der Waals surface area contributed by atoms with Gasteiger partial charge in [-0.25, -0.2) is 5.43 Å². The van der Waals surface area contributed by atoms with Crippen LogP contribution in [0.4, 0.5) is 5.69 Å². The van der Waals surface area contributed by atoms with E-state index in [9.17, 15) is 14.9 Å². The second-order valence-electron chi connectivity index (χ2n) is 5.99. The van der Waals surface area contributed by atoms with E-state index in [1.807, 2.05) is 19.1 Å². The van der Waals surface area contributed by atoms with Gasteiger partial charge in [-0.05, 0) is 30.7 Å². The third-order valence-corrected chi connectivity index (χ3v) is 4.35. The normalized spacial score (nSPS) is 10.8. The second kappa shape index (κ2) is 9.03. The molecule has 0 fully saturated rings. The Morgan fingerprint density at radius 1 is 1.28 bits per heavy atom. The summed E-state index contributed by atoms with van der Waals surface area (Å²) in [7, 11) is 0. The first kappa shape index (κ1) is 20.1. The molecule has 1 amide bonds. The maximum atomic E-state index is 12.0. The highest BCUT2D eigenvalue weighted by Crippen LogP contribution is 2.23. The topological polar surface area (TPSA) is 107 Å². The minimum Gasteiger partial charge on any atom is -0.460 e. The predicted octanol–water partition coefficient (Wildman–Crippen LogP) is 4.49. The largest absolute Gasteiger partial charge is 0.460 e. The van der Waals surface area contributed by atoms with Gasteiger partial charge in [-0.1, -0.05) is 29.8 Å². The first-order valence-electron chi connectivity index (χ1n) is 8.48. The molecule has 0 saturated heterocycles. The van der Waals surface area contributed by atoms with Crippen LogP contribution in [0.1, 0.15) is 27.2 Å². The number of hydrogen-bond acceptors (Lipinski definition) is 6. The zero-order chi connectivity index (χ0) is 20.8. The van der Waals surface area contributed by atoms with Gasteiger partial charge in [0.25, 0.3) is 17.5 Å². The van der Waals surface area contributed by atoms with Crippen LogP contribution in [0.3, 0.4) is 0 Å². The summed E-state index contributed by atoms with van der Waals surface area (Å²) in [6, 6.07) is 14.2. The molecule has 2 aromatic carbocycles. The van der Waals surface area contributed by atoms with Crippen LogP contribution in [0.5, 0.6) is 5.95 Å². The van der Waals surface area contributed by atoms with Crippen molar-refractivity contribution >= 4 is 29.4 Å². The predicted molar refractivity (Wildman–Crippen MR) is 107 cm³/mol.